The first kappa shape index (κ1) is 13.2. The molecule has 0 bridgehead atoms. The Hall–Kier alpha value is -1.20. The lowest BCUT2D eigenvalue weighted by Gasteiger charge is -2.17. The lowest BCUT2D eigenvalue weighted by molar-refractivity contribution is 0.514. The van der Waals surface area contributed by atoms with Gasteiger partial charge in [0.25, 0.3) is 0 Å². The molecule has 2 N–H and O–H groups in total. The number of aryl methyl sites for hydroxylation is 1. The van der Waals surface area contributed by atoms with E-state index in [0.717, 1.165) is 17.0 Å². The molecule has 0 atom stereocenters. The van der Waals surface area contributed by atoms with Crippen LogP contribution in [-0.4, -0.2) is 21.6 Å². The third-order valence-electron chi connectivity index (χ3n) is 2.51. The summed E-state index contributed by atoms with van der Waals surface area (Å²) in [4.78, 5) is 11.7. The van der Waals surface area contributed by atoms with Crippen molar-refractivity contribution in [3.63, 3.8) is 0 Å². The molecule has 0 aliphatic heterocycles. The molecule has 2 rings (SSSR count). The summed E-state index contributed by atoms with van der Waals surface area (Å²) < 4.78 is 6.84. The number of benzene rings is 1. The van der Waals surface area contributed by atoms with E-state index in [2.05, 4.69) is 0 Å². The maximum atomic E-state index is 11.7. The Labute approximate surface area is 110 Å². The first-order valence-electron chi connectivity index (χ1n) is 5.92. The zero-order valence-corrected chi connectivity index (χ0v) is 11.5. The van der Waals surface area contributed by atoms with Crippen LogP contribution in [0.4, 0.5) is 0 Å². The Kier molecular flexibility index (Phi) is 3.82. The van der Waals surface area contributed by atoms with Crippen LogP contribution in [0.25, 0.3) is 11.1 Å². The second-order valence-corrected chi connectivity index (χ2v) is 6.13. The molecule has 18 heavy (non-hydrogen) atoms. The lowest BCUT2D eigenvalue weighted by atomic mass is 10.1. The van der Waals surface area contributed by atoms with E-state index in [-0.39, 0.29) is 11.3 Å². The van der Waals surface area contributed by atoms with Gasteiger partial charge in [0.05, 0.1) is 5.52 Å². The second-order valence-electron chi connectivity index (χ2n) is 5.03. The first-order valence-corrected chi connectivity index (χ1v) is 7.08. The van der Waals surface area contributed by atoms with Gasteiger partial charge >= 0.3 is 5.76 Å². The number of nitrogens with zero attached hydrogens (tertiary/aromatic N) is 1. The fraction of sp³-hybridized carbons (Fsp3) is 0.462. The van der Waals surface area contributed by atoms with Crippen molar-refractivity contribution in [3.8, 4) is 0 Å². The topological polar surface area (TPSA) is 61.2 Å². The van der Waals surface area contributed by atoms with Gasteiger partial charge in [-0.2, -0.15) is 11.8 Å². The molecule has 4 nitrogen and oxygen atoms in total. The van der Waals surface area contributed by atoms with Crippen molar-refractivity contribution in [1.82, 2.24) is 4.57 Å². The molecule has 2 aromatic rings. The fourth-order valence-corrected chi connectivity index (χ4v) is 2.70. The number of para-hydroxylation sites is 2. The minimum absolute atomic E-state index is 0.173. The highest BCUT2D eigenvalue weighted by Crippen LogP contribution is 2.14. The van der Waals surface area contributed by atoms with Crippen LogP contribution in [0.2, 0.25) is 0 Å². The third-order valence-corrected chi connectivity index (χ3v) is 3.93. The molecule has 1 aromatic heterocycles. The molecular weight excluding hydrogens is 248 g/mol. The molecule has 0 unspecified atom stereocenters. The number of oxazole rings is 1. The van der Waals surface area contributed by atoms with Crippen molar-refractivity contribution >= 4 is 22.9 Å². The molecule has 0 amide bonds. The Bertz CT molecular complexity index is 580. The van der Waals surface area contributed by atoms with Crippen LogP contribution in [0.5, 0.6) is 0 Å². The third kappa shape index (κ3) is 3.17. The molecule has 0 radical (unpaired) electrons. The SMILES string of the molecule is CC(C)(N)CSCCn1c(=O)oc2ccccc21. The van der Waals surface area contributed by atoms with Crippen molar-refractivity contribution in [3.05, 3.63) is 34.8 Å². The molecular formula is C13H18N2O2S. The number of nitrogens with two attached hydrogens (primary N) is 1. The van der Waals surface area contributed by atoms with Crippen LogP contribution >= 0.6 is 11.8 Å². The summed E-state index contributed by atoms with van der Waals surface area (Å²) in [5, 5.41) is 0. The van der Waals surface area contributed by atoms with E-state index < -0.39 is 0 Å². The molecule has 0 saturated carbocycles. The summed E-state index contributed by atoms with van der Waals surface area (Å²) in [6, 6.07) is 7.48. The van der Waals surface area contributed by atoms with E-state index in [1.807, 2.05) is 38.1 Å². The Morgan fingerprint density at radius 1 is 1.39 bits per heavy atom. The van der Waals surface area contributed by atoms with Crippen LogP contribution in [0.3, 0.4) is 0 Å². The van der Waals surface area contributed by atoms with Gasteiger partial charge in [0.1, 0.15) is 0 Å². The molecule has 1 heterocycles. The number of rotatable bonds is 5. The van der Waals surface area contributed by atoms with Gasteiger partial charge in [-0.25, -0.2) is 4.79 Å². The van der Waals surface area contributed by atoms with Gasteiger partial charge in [-0.05, 0) is 26.0 Å². The normalized spacial score (nSPS) is 12.2. The largest absolute Gasteiger partial charge is 0.419 e. The van der Waals surface area contributed by atoms with Crippen molar-refractivity contribution in [1.29, 1.82) is 0 Å². The van der Waals surface area contributed by atoms with Gasteiger partial charge in [0.2, 0.25) is 0 Å². The van der Waals surface area contributed by atoms with E-state index in [0.29, 0.717) is 12.1 Å². The average molecular weight is 266 g/mol. The Morgan fingerprint density at radius 2 is 2.11 bits per heavy atom. The fourth-order valence-electron chi connectivity index (χ4n) is 1.72. The Morgan fingerprint density at radius 3 is 2.83 bits per heavy atom. The molecule has 0 aliphatic rings. The minimum atomic E-state index is -0.288. The van der Waals surface area contributed by atoms with E-state index in [1.165, 1.54) is 0 Å². The smallest absolute Gasteiger partial charge is 0.408 e. The van der Waals surface area contributed by atoms with Crippen LogP contribution in [0.1, 0.15) is 13.8 Å². The molecule has 98 valence electrons. The minimum Gasteiger partial charge on any atom is -0.408 e. The maximum Gasteiger partial charge on any atom is 0.419 e. The zero-order chi connectivity index (χ0) is 13.2. The summed E-state index contributed by atoms with van der Waals surface area (Å²) in [7, 11) is 0. The molecule has 1 aromatic carbocycles. The number of hydrogen-bond acceptors (Lipinski definition) is 4. The Balaban J connectivity index is 2.04. The van der Waals surface area contributed by atoms with Crippen LogP contribution in [-0.2, 0) is 6.54 Å². The standard InChI is InChI=1S/C13H18N2O2S/c1-13(2,14)9-18-8-7-15-10-5-3-4-6-11(10)17-12(15)16/h3-6H,7-9,14H2,1-2H3. The van der Waals surface area contributed by atoms with Crippen molar-refractivity contribution in [2.75, 3.05) is 11.5 Å². The number of aromatic nitrogens is 1. The van der Waals surface area contributed by atoms with E-state index >= 15 is 0 Å². The molecule has 0 spiro atoms. The second kappa shape index (κ2) is 5.20. The van der Waals surface area contributed by atoms with Gasteiger partial charge in [-0.1, -0.05) is 12.1 Å². The quantitative estimate of drug-likeness (QED) is 0.842. The number of fused-ring (bicyclic) bond motifs is 1. The van der Waals surface area contributed by atoms with E-state index in [4.69, 9.17) is 10.2 Å². The predicted molar refractivity (Wildman–Crippen MR) is 76.1 cm³/mol. The molecule has 0 saturated heterocycles. The van der Waals surface area contributed by atoms with Gasteiger partial charge in [-0.3, -0.25) is 4.57 Å². The predicted octanol–water partition coefficient (Wildman–Crippen LogP) is 2.06. The first-order chi connectivity index (χ1) is 8.47. The van der Waals surface area contributed by atoms with Crippen molar-refractivity contribution in [2.45, 2.75) is 25.9 Å². The summed E-state index contributed by atoms with van der Waals surface area (Å²) in [5.41, 5.74) is 7.24. The summed E-state index contributed by atoms with van der Waals surface area (Å²) in [6.45, 7) is 4.65. The van der Waals surface area contributed by atoms with E-state index in [9.17, 15) is 4.79 Å². The summed E-state index contributed by atoms with van der Waals surface area (Å²) >= 11 is 1.75. The summed E-state index contributed by atoms with van der Waals surface area (Å²) in [6.07, 6.45) is 0. The van der Waals surface area contributed by atoms with Gasteiger partial charge in [0, 0.05) is 23.6 Å². The van der Waals surface area contributed by atoms with Crippen LogP contribution in [0, 0.1) is 0 Å². The highest BCUT2D eigenvalue weighted by molar-refractivity contribution is 7.99. The van der Waals surface area contributed by atoms with Gasteiger partial charge in [-0.15, -0.1) is 0 Å². The molecule has 0 aliphatic carbocycles. The van der Waals surface area contributed by atoms with E-state index in [1.54, 1.807) is 16.3 Å². The van der Waals surface area contributed by atoms with Crippen molar-refractivity contribution in [2.24, 2.45) is 5.73 Å². The maximum absolute atomic E-state index is 11.7. The average Bonchev–Trinajstić information content (AvgIpc) is 2.59. The highest BCUT2D eigenvalue weighted by Gasteiger charge is 2.11. The van der Waals surface area contributed by atoms with Crippen LogP contribution < -0.4 is 11.5 Å². The van der Waals surface area contributed by atoms with Crippen LogP contribution in [0.15, 0.2) is 33.5 Å². The summed E-state index contributed by atoms with van der Waals surface area (Å²) in [5.74, 6) is 1.44. The van der Waals surface area contributed by atoms with Crippen molar-refractivity contribution < 1.29 is 4.42 Å². The highest BCUT2D eigenvalue weighted by atomic mass is 32.2. The number of hydrogen-bond donors (Lipinski definition) is 1. The molecule has 5 heteroatoms. The monoisotopic (exact) mass is 266 g/mol. The van der Waals surface area contributed by atoms with Gasteiger partial charge in [0.15, 0.2) is 5.58 Å². The van der Waals surface area contributed by atoms with Gasteiger partial charge < -0.3 is 10.2 Å². The zero-order valence-electron chi connectivity index (χ0n) is 10.7. The lowest BCUT2D eigenvalue weighted by Crippen LogP contribution is -2.35. The number of thioether (sulfide) groups is 1. The molecule has 0 fully saturated rings.